The molecular weight excluding hydrogens is 340 g/mol. The van der Waals surface area contributed by atoms with Crippen LogP contribution in [-0.2, 0) is 6.54 Å². The lowest BCUT2D eigenvalue weighted by Crippen LogP contribution is -2.05. The van der Waals surface area contributed by atoms with Crippen LogP contribution in [0.4, 0.5) is 5.69 Å². The largest absolute Gasteiger partial charge is 0.457 e. The number of nitrogens with two attached hydrogens (primary N) is 2. The van der Waals surface area contributed by atoms with Gasteiger partial charge in [-0.15, -0.1) is 0 Å². The highest BCUT2D eigenvalue weighted by molar-refractivity contribution is 5.86. The molecule has 0 unspecified atom stereocenters. The number of hydrogen-bond acceptors (Lipinski definition) is 5. The van der Waals surface area contributed by atoms with Gasteiger partial charge >= 0.3 is 0 Å². The number of benzene rings is 2. The molecule has 0 amide bonds. The van der Waals surface area contributed by atoms with Crippen molar-refractivity contribution in [3.8, 4) is 34.0 Å². The molecule has 0 radical (unpaired) electrons. The molecule has 0 aliphatic carbocycles. The quantitative estimate of drug-likeness (QED) is 0.377. The zero-order chi connectivity index (χ0) is 19.0. The molecule has 2 aromatic rings. The Balaban J connectivity index is 1.86. The van der Waals surface area contributed by atoms with Gasteiger partial charge in [0.1, 0.15) is 11.5 Å². The second-order valence-corrected chi connectivity index (χ2v) is 6.40. The van der Waals surface area contributed by atoms with Crippen molar-refractivity contribution < 1.29 is 9.94 Å². The fraction of sp³-hybridized carbons (Fsp3) is 0.0952. The van der Waals surface area contributed by atoms with E-state index in [0.29, 0.717) is 35.2 Å². The summed E-state index contributed by atoms with van der Waals surface area (Å²) < 4.78 is 7.24. The average Bonchev–Trinajstić information content (AvgIpc) is 3.16. The molecule has 6 heteroatoms. The van der Waals surface area contributed by atoms with Gasteiger partial charge in [0.15, 0.2) is 5.82 Å². The molecule has 6 nitrogen and oxygen atoms in total. The Hall–Kier alpha value is -3.51. The highest BCUT2D eigenvalue weighted by Crippen LogP contribution is 2.41. The van der Waals surface area contributed by atoms with E-state index in [9.17, 15) is 5.21 Å². The van der Waals surface area contributed by atoms with Gasteiger partial charge < -0.3 is 21.4 Å². The van der Waals surface area contributed by atoms with E-state index in [0.717, 1.165) is 27.0 Å². The first kappa shape index (κ1) is 16.9. The van der Waals surface area contributed by atoms with Gasteiger partial charge in [0, 0.05) is 29.6 Å². The lowest BCUT2D eigenvalue weighted by molar-refractivity contribution is 0.180. The number of hydrogen-bond donors (Lipinski definition) is 3. The van der Waals surface area contributed by atoms with Crippen molar-refractivity contribution in [2.45, 2.75) is 13.5 Å². The molecule has 2 heterocycles. The standard InChI is InChI=1S/C21H20N4O2/c1-13-9-18(17-7-8-24-21(17)25(13)26)19-11-15(23)5-6-20(19)27-16-4-2-3-14(10-16)12-22/h2-11,26H,12,22-23H2,1H3. The smallest absolute Gasteiger partial charge is 0.176 e. The molecule has 0 atom stereocenters. The zero-order valence-electron chi connectivity index (χ0n) is 14.9. The summed E-state index contributed by atoms with van der Waals surface area (Å²) in [6.07, 6.45) is 1.66. The summed E-state index contributed by atoms with van der Waals surface area (Å²) in [5, 5.41) is 10.2. The molecule has 136 valence electrons. The van der Waals surface area contributed by atoms with Crippen molar-refractivity contribution in [1.82, 2.24) is 9.71 Å². The number of aryl methyl sites for hydroxylation is 1. The molecule has 0 aromatic heterocycles. The van der Waals surface area contributed by atoms with Crippen LogP contribution in [0.3, 0.4) is 0 Å². The van der Waals surface area contributed by atoms with E-state index in [1.807, 2.05) is 55.5 Å². The van der Waals surface area contributed by atoms with E-state index in [1.54, 1.807) is 12.3 Å². The molecule has 0 saturated carbocycles. The second-order valence-electron chi connectivity index (χ2n) is 6.40. The molecule has 0 fully saturated rings. The van der Waals surface area contributed by atoms with Gasteiger partial charge in [0.2, 0.25) is 0 Å². The fourth-order valence-electron chi connectivity index (χ4n) is 3.15. The van der Waals surface area contributed by atoms with Crippen LogP contribution in [0.25, 0.3) is 22.5 Å². The molecule has 2 aliphatic heterocycles. The van der Waals surface area contributed by atoms with E-state index < -0.39 is 0 Å². The Morgan fingerprint density at radius 2 is 1.89 bits per heavy atom. The summed E-state index contributed by atoms with van der Waals surface area (Å²) in [6.45, 7) is 2.26. The summed E-state index contributed by atoms with van der Waals surface area (Å²) in [5.74, 6) is 1.85. The third-order valence-corrected chi connectivity index (χ3v) is 4.51. The summed E-state index contributed by atoms with van der Waals surface area (Å²) in [4.78, 5) is 4.25. The van der Waals surface area contributed by atoms with E-state index in [-0.39, 0.29) is 0 Å². The number of nitrogen functional groups attached to an aromatic ring is 1. The third kappa shape index (κ3) is 3.07. The summed E-state index contributed by atoms with van der Waals surface area (Å²) in [5.41, 5.74) is 16.6. The zero-order valence-corrected chi connectivity index (χ0v) is 14.9. The van der Waals surface area contributed by atoms with E-state index in [4.69, 9.17) is 16.2 Å². The van der Waals surface area contributed by atoms with Crippen molar-refractivity contribution in [3.63, 3.8) is 0 Å². The minimum atomic E-state index is 0.444. The van der Waals surface area contributed by atoms with Crippen molar-refractivity contribution >= 4 is 5.69 Å². The van der Waals surface area contributed by atoms with Gasteiger partial charge in [0.05, 0.1) is 5.69 Å². The van der Waals surface area contributed by atoms with Gasteiger partial charge in [-0.05, 0) is 60.5 Å². The van der Waals surface area contributed by atoms with Gasteiger partial charge in [0.25, 0.3) is 0 Å². The summed E-state index contributed by atoms with van der Waals surface area (Å²) in [6, 6.07) is 16.9. The maximum absolute atomic E-state index is 10.2. The van der Waals surface area contributed by atoms with E-state index in [1.165, 1.54) is 0 Å². The number of ether oxygens (including phenoxy) is 1. The third-order valence-electron chi connectivity index (χ3n) is 4.51. The van der Waals surface area contributed by atoms with Crippen LogP contribution in [-0.4, -0.2) is 14.9 Å². The minimum absolute atomic E-state index is 0.444. The SMILES string of the molecule is Cc1cc(-c2cc(N)ccc2Oc2cccc(CN)c2)c2ccnc-2n1O. The van der Waals surface area contributed by atoms with Crippen LogP contribution in [0.5, 0.6) is 11.5 Å². The van der Waals surface area contributed by atoms with Crippen molar-refractivity contribution in [3.05, 3.63) is 72.1 Å². The number of anilines is 1. The predicted octanol–water partition coefficient (Wildman–Crippen LogP) is 4.03. The van der Waals surface area contributed by atoms with Gasteiger partial charge in [-0.1, -0.05) is 12.1 Å². The van der Waals surface area contributed by atoms with Crippen LogP contribution in [0.2, 0.25) is 0 Å². The topological polar surface area (TPSA) is 99.3 Å². The van der Waals surface area contributed by atoms with Crippen LogP contribution in [0, 0.1) is 6.92 Å². The van der Waals surface area contributed by atoms with Gasteiger partial charge in [-0.3, -0.25) is 0 Å². The van der Waals surface area contributed by atoms with Crippen molar-refractivity contribution in [1.29, 1.82) is 0 Å². The Morgan fingerprint density at radius 3 is 2.70 bits per heavy atom. The predicted molar refractivity (Wildman–Crippen MR) is 105 cm³/mol. The molecule has 5 N–H and O–H groups in total. The van der Waals surface area contributed by atoms with Crippen LogP contribution >= 0.6 is 0 Å². The van der Waals surface area contributed by atoms with Crippen molar-refractivity contribution in [2.24, 2.45) is 5.73 Å². The van der Waals surface area contributed by atoms with Crippen LogP contribution in [0.15, 0.2) is 60.8 Å². The van der Waals surface area contributed by atoms with E-state index in [2.05, 4.69) is 4.98 Å². The van der Waals surface area contributed by atoms with Gasteiger partial charge in [-0.2, -0.15) is 4.73 Å². The molecule has 2 aliphatic rings. The lowest BCUT2D eigenvalue weighted by atomic mass is 9.98. The van der Waals surface area contributed by atoms with Crippen LogP contribution in [0.1, 0.15) is 11.3 Å². The monoisotopic (exact) mass is 360 g/mol. The molecule has 2 aromatic carbocycles. The Labute approximate surface area is 156 Å². The molecule has 0 bridgehead atoms. The maximum Gasteiger partial charge on any atom is 0.176 e. The number of rotatable bonds is 4. The van der Waals surface area contributed by atoms with Gasteiger partial charge in [-0.25, -0.2) is 4.98 Å². The summed E-state index contributed by atoms with van der Waals surface area (Å²) in [7, 11) is 0. The fourth-order valence-corrected chi connectivity index (χ4v) is 3.15. The lowest BCUT2D eigenvalue weighted by Gasteiger charge is -2.17. The molecule has 27 heavy (non-hydrogen) atoms. The van der Waals surface area contributed by atoms with E-state index >= 15 is 0 Å². The molecule has 4 rings (SSSR count). The molecule has 0 saturated heterocycles. The summed E-state index contributed by atoms with van der Waals surface area (Å²) >= 11 is 0. The Bertz CT molecular complexity index is 1090. The Morgan fingerprint density at radius 1 is 1.04 bits per heavy atom. The first-order chi connectivity index (χ1) is 13.1. The molecule has 0 spiro atoms. The highest BCUT2D eigenvalue weighted by atomic mass is 16.5. The first-order valence-corrected chi connectivity index (χ1v) is 8.60. The first-order valence-electron chi connectivity index (χ1n) is 8.60. The molecular formula is C21H20N4O2. The minimum Gasteiger partial charge on any atom is -0.457 e. The second kappa shape index (κ2) is 6.66. The Kier molecular flexibility index (Phi) is 4.18. The normalized spacial score (nSPS) is 11.0. The highest BCUT2D eigenvalue weighted by Gasteiger charge is 2.20. The number of aromatic nitrogens is 2. The maximum atomic E-state index is 10.2. The number of pyridine rings is 1. The van der Waals surface area contributed by atoms with Crippen LogP contribution < -0.4 is 16.2 Å². The number of nitrogens with zero attached hydrogens (tertiary/aromatic N) is 2. The number of fused-ring (bicyclic) bond motifs is 1. The van der Waals surface area contributed by atoms with Crippen molar-refractivity contribution in [2.75, 3.05) is 5.73 Å². The average molecular weight is 360 g/mol.